The maximum atomic E-state index is 12.2. The van der Waals surface area contributed by atoms with Gasteiger partial charge in [0.2, 0.25) is 5.91 Å². The molecule has 1 amide bonds. The van der Waals surface area contributed by atoms with Crippen molar-refractivity contribution in [3.05, 3.63) is 58.7 Å². The summed E-state index contributed by atoms with van der Waals surface area (Å²) in [6.07, 6.45) is 0.998. The van der Waals surface area contributed by atoms with Gasteiger partial charge in [0.15, 0.2) is 0 Å². The minimum Gasteiger partial charge on any atom is -0.496 e. The van der Waals surface area contributed by atoms with Crippen molar-refractivity contribution in [3.8, 4) is 5.75 Å². The standard InChI is InChI=1S/C21H28N2O2/c1-6-17-7-9-19(10-8-17)22-20(24)14-23(4)13-18-11-15(2)21(25-5)16(3)12-18/h7-12H,6,13-14H2,1-5H3,(H,22,24). The Morgan fingerprint density at radius 2 is 1.68 bits per heavy atom. The van der Waals surface area contributed by atoms with Crippen LogP contribution in [-0.4, -0.2) is 31.5 Å². The molecule has 0 atom stereocenters. The zero-order valence-electron chi connectivity index (χ0n) is 15.8. The number of carbonyl (C=O) groups excluding carboxylic acids is 1. The molecule has 2 rings (SSSR count). The SMILES string of the molecule is CCc1ccc(NC(=O)CN(C)Cc2cc(C)c(OC)c(C)c2)cc1. The number of anilines is 1. The number of carbonyl (C=O) groups is 1. The minimum atomic E-state index is -0.00583. The molecule has 25 heavy (non-hydrogen) atoms. The monoisotopic (exact) mass is 340 g/mol. The fraction of sp³-hybridized carbons (Fsp3) is 0.381. The van der Waals surface area contributed by atoms with Crippen molar-refractivity contribution >= 4 is 11.6 Å². The lowest BCUT2D eigenvalue weighted by Gasteiger charge is -2.18. The number of methoxy groups -OCH3 is 1. The molecular formula is C21H28N2O2. The molecule has 0 saturated carbocycles. The first-order chi connectivity index (χ1) is 11.9. The number of amides is 1. The van der Waals surface area contributed by atoms with Crippen molar-refractivity contribution < 1.29 is 9.53 Å². The lowest BCUT2D eigenvalue weighted by atomic mass is 10.1. The van der Waals surface area contributed by atoms with Crippen molar-refractivity contribution in [1.82, 2.24) is 4.90 Å². The predicted octanol–water partition coefficient (Wildman–Crippen LogP) is 3.94. The van der Waals surface area contributed by atoms with Crippen LogP contribution in [0.5, 0.6) is 5.75 Å². The Labute approximate surface area is 150 Å². The van der Waals surface area contributed by atoms with Gasteiger partial charge in [0.25, 0.3) is 0 Å². The van der Waals surface area contributed by atoms with Gasteiger partial charge in [-0.05, 0) is 61.7 Å². The Bertz CT molecular complexity index is 700. The van der Waals surface area contributed by atoms with Crippen molar-refractivity contribution in [3.63, 3.8) is 0 Å². The lowest BCUT2D eigenvalue weighted by Crippen LogP contribution is -2.29. The molecule has 0 unspecified atom stereocenters. The van der Waals surface area contributed by atoms with Crippen LogP contribution in [0.15, 0.2) is 36.4 Å². The van der Waals surface area contributed by atoms with E-state index in [0.717, 1.165) is 29.0 Å². The largest absolute Gasteiger partial charge is 0.496 e. The number of nitrogens with zero attached hydrogens (tertiary/aromatic N) is 1. The maximum Gasteiger partial charge on any atom is 0.238 e. The van der Waals surface area contributed by atoms with E-state index in [1.165, 1.54) is 11.1 Å². The number of hydrogen-bond donors (Lipinski definition) is 1. The van der Waals surface area contributed by atoms with Crippen molar-refractivity contribution in [2.24, 2.45) is 0 Å². The van der Waals surface area contributed by atoms with Crippen LogP contribution in [0.25, 0.3) is 0 Å². The molecule has 2 aromatic rings. The first-order valence-corrected chi connectivity index (χ1v) is 8.64. The topological polar surface area (TPSA) is 41.6 Å². The van der Waals surface area contributed by atoms with E-state index in [-0.39, 0.29) is 5.91 Å². The molecule has 0 aliphatic rings. The summed E-state index contributed by atoms with van der Waals surface area (Å²) in [6, 6.07) is 12.2. The summed E-state index contributed by atoms with van der Waals surface area (Å²) in [6.45, 7) is 7.27. The summed E-state index contributed by atoms with van der Waals surface area (Å²) in [5.74, 6) is 0.924. The molecule has 0 aromatic heterocycles. The summed E-state index contributed by atoms with van der Waals surface area (Å²) < 4.78 is 5.41. The van der Waals surface area contributed by atoms with Crippen molar-refractivity contribution in [2.45, 2.75) is 33.7 Å². The van der Waals surface area contributed by atoms with Crippen LogP contribution in [0, 0.1) is 13.8 Å². The third kappa shape index (κ3) is 5.33. The van der Waals surface area contributed by atoms with Gasteiger partial charge in [-0.3, -0.25) is 9.69 Å². The number of nitrogens with one attached hydrogen (secondary N) is 1. The summed E-state index contributed by atoms with van der Waals surface area (Å²) in [7, 11) is 3.65. The highest BCUT2D eigenvalue weighted by Crippen LogP contribution is 2.24. The van der Waals surface area contributed by atoms with Crippen LogP contribution in [0.1, 0.15) is 29.2 Å². The van der Waals surface area contributed by atoms with Gasteiger partial charge in [-0.1, -0.05) is 31.2 Å². The fourth-order valence-corrected chi connectivity index (χ4v) is 3.09. The lowest BCUT2D eigenvalue weighted by molar-refractivity contribution is -0.117. The van der Waals surface area contributed by atoms with Gasteiger partial charge >= 0.3 is 0 Å². The second kappa shape index (κ2) is 8.67. The molecule has 134 valence electrons. The summed E-state index contributed by atoms with van der Waals surface area (Å²) in [5.41, 5.74) is 5.52. The van der Waals surface area contributed by atoms with Gasteiger partial charge in [-0.15, -0.1) is 0 Å². The van der Waals surface area contributed by atoms with E-state index in [1.807, 2.05) is 50.1 Å². The van der Waals surface area contributed by atoms with E-state index in [2.05, 4.69) is 24.4 Å². The second-order valence-electron chi connectivity index (χ2n) is 6.53. The van der Waals surface area contributed by atoms with E-state index in [1.54, 1.807) is 7.11 Å². The summed E-state index contributed by atoms with van der Waals surface area (Å²) in [5, 5.41) is 2.95. The predicted molar refractivity (Wildman–Crippen MR) is 103 cm³/mol. The van der Waals surface area contributed by atoms with Crippen LogP contribution in [-0.2, 0) is 17.8 Å². The van der Waals surface area contributed by atoms with Crippen LogP contribution < -0.4 is 10.1 Å². The molecule has 0 radical (unpaired) electrons. The van der Waals surface area contributed by atoms with Gasteiger partial charge in [0.1, 0.15) is 5.75 Å². The van der Waals surface area contributed by atoms with E-state index < -0.39 is 0 Å². The average Bonchev–Trinajstić information content (AvgIpc) is 2.55. The number of likely N-dealkylation sites (N-methyl/N-ethyl adjacent to an activating group) is 1. The molecule has 0 bridgehead atoms. The number of rotatable bonds is 7. The highest BCUT2D eigenvalue weighted by molar-refractivity contribution is 5.92. The molecule has 0 spiro atoms. The van der Waals surface area contributed by atoms with Crippen molar-refractivity contribution in [1.29, 1.82) is 0 Å². The van der Waals surface area contributed by atoms with E-state index >= 15 is 0 Å². The average molecular weight is 340 g/mol. The molecule has 0 heterocycles. The van der Waals surface area contributed by atoms with E-state index in [9.17, 15) is 4.79 Å². The molecule has 4 nitrogen and oxygen atoms in total. The molecule has 0 fully saturated rings. The quantitative estimate of drug-likeness (QED) is 0.830. The Morgan fingerprint density at radius 1 is 1.08 bits per heavy atom. The summed E-state index contributed by atoms with van der Waals surface area (Å²) >= 11 is 0. The molecule has 2 aromatic carbocycles. The molecule has 4 heteroatoms. The molecule has 0 aliphatic carbocycles. The van der Waals surface area contributed by atoms with Gasteiger partial charge in [-0.2, -0.15) is 0 Å². The number of ether oxygens (including phenoxy) is 1. The highest BCUT2D eigenvalue weighted by Gasteiger charge is 2.10. The smallest absolute Gasteiger partial charge is 0.238 e. The van der Waals surface area contributed by atoms with Gasteiger partial charge in [0, 0.05) is 12.2 Å². The van der Waals surface area contributed by atoms with Crippen LogP contribution in [0.3, 0.4) is 0 Å². The number of benzene rings is 2. The van der Waals surface area contributed by atoms with E-state index in [0.29, 0.717) is 13.1 Å². The Hall–Kier alpha value is -2.33. The third-order valence-corrected chi connectivity index (χ3v) is 4.24. The first kappa shape index (κ1) is 19.0. The van der Waals surface area contributed by atoms with Crippen LogP contribution in [0.4, 0.5) is 5.69 Å². The Balaban J connectivity index is 1.92. The number of aryl methyl sites for hydroxylation is 3. The Kier molecular flexibility index (Phi) is 6.59. The van der Waals surface area contributed by atoms with E-state index in [4.69, 9.17) is 4.74 Å². The van der Waals surface area contributed by atoms with Crippen molar-refractivity contribution in [2.75, 3.05) is 26.0 Å². The third-order valence-electron chi connectivity index (χ3n) is 4.24. The van der Waals surface area contributed by atoms with Crippen LogP contribution >= 0.6 is 0 Å². The zero-order valence-corrected chi connectivity index (χ0v) is 15.8. The maximum absolute atomic E-state index is 12.2. The Morgan fingerprint density at radius 3 is 2.20 bits per heavy atom. The van der Waals surface area contributed by atoms with Gasteiger partial charge in [-0.25, -0.2) is 0 Å². The van der Waals surface area contributed by atoms with Gasteiger partial charge < -0.3 is 10.1 Å². The molecule has 1 N–H and O–H groups in total. The van der Waals surface area contributed by atoms with Crippen LogP contribution in [0.2, 0.25) is 0 Å². The minimum absolute atomic E-state index is 0.00583. The van der Waals surface area contributed by atoms with Gasteiger partial charge in [0.05, 0.1) is 13.7 Å². The normalized spacial score (nSPS) is 10.8. The highest BCUT2D eigenvalue weighted by atomic mass is 16.5. The first-order valence-electron chi connectivity index (χ1n) is 8.64. The zero-order chi connectivity index (χ0) is 18.4. The number of hydrogen-bond acceptors (Lipinski definition) is 3. The second-order valence-corrected chi connectivity index (χ2v) is 6.53. The fourth-order valence-electron chi connectivity index (χ4n) is 3.09. The molecular weight excluding hydrogens is 312 g/mol. The molecule has 0 aliphatic heterocycles. The summed E-state index contributed by atoms with van der Waals surface area (Å²) in [4.78, 5) is 14.2. The molecule has 0 saturated heterocycles.